The molecule has 0 saturated heterocycles. The molecule has 0 radical (unpaired) electrons. The molecule has 0 aromatic heterocycles. The zero-order valence-electron chi connectivity index (χ0n) is 10.6. The van der Waals surface area contributed by atoms with E-state index in [0.29, 0.717) is 22.9 Å². The second kappa shape index (κ2) is 6.10. The lowest BCUT2D eigenvalue weighted by Crippen LogP contribution is -2.40. The van der Waals surface area contributed by atoms with Crippen LogP contribution in [0.25, 0.3) is 0 Å². The van der Waals surface area contributed by atoms with Gasteiger partial charge in [0.1, 0.15) is 0 Å². The summed E-state index contributed by atoms with van der Waals surface area (Å²) in [5, 5.41) is 3.72. The van der Waals surface area contributed by atoms with E-state index in [1.54, 1.807) is 24.1 Å². The highest BCUT2D eigenvalue weighted by molar-refractivity contribution is 6.49. The summed E-state index contributed by atoms with van der Waals surface area (Å²) >= 11 is 18.0. The molecular weight excluding hydrogens is 325 g/mol. The smallest absolute Gasteiger partial charge is 0.337 e. The molecule has 20 heavy (non-hydrogen) atoms. The lowest BCUT2D eigenvalue weighted by Gasteiger charge is -2.27. The predicted octanol–water partition coefficient (Wildman–Crippen LogP) is 3.00. The molecule has 0 spiro atoms. The average molecular weight is 337 g/mol. The molecule has 2 N–H and O–H groups in total. The number of esters is 1. The Kier molecular flexibility index (Phi) is 4.65. The van der Waals surface area contributed by atoms with Crippen molar-refractivity contribution in [2.75, 3.05) is 18.2 Å². The van der Waals surface area contributed by atoms with Gasteiger partial charge in [-0.2, -0.15) is 0 Å². The fraction of sp³-hybridized carbons (Fsp3) is 0.250. The summed E-state index contributed by atoms with van der Waals surface area (Å²) in [7, 11) is 0. The van der Waals surface area contributed by atoms with Crippen LogP contribution in [0.1, 0.15) is 6.92 Å². The molecule has 1 aromatic rings. The van der Waals surface area contributed by atoms with Crippen molar-refractivity contribution in [2.45, 2.75) is 6.92 Å². The van der Waals surface area contributed by atoms with Gasteiger partial charge in [-0.15, -0.1) is 0 Å². The number of carbonyl (C=O) groups excluding carboxylic acids is 1. The van der Waals surface area contributed by atoms with Crippen molar-refractivity contribution < 1.29 is 9.53 Å². The normalized spacial score (nSPS) is 14.6. The van der Waals surface area contributed by atoms with E-state index in [-0.39, 0.29) is 16.6 Å². The van der Waals surface area contributed by atoms with Crippen LogP contribution in [0.3, 0.4) is 0 Å². The maximum absolute atomic E-state index is 11.7. The number of ether oxygens (including phenoxy) is 1. The van der Waals surface area contributed by atoms with E-state index in [4.69, 9.17) is 45.4 Å². The Morgan fingerprint density at radius 1 is 1.35 bits per heavy atom. The maximum Gasteiger partial charge on any atom is 0.337 e. The van der Waals surface area contributed by atoms with Crippen molar-refractivity contribution in [2.24, 2.45) is 5.84 Å². The maximum atomic E-state index is 11.7. The molecule has 0 saturated carbocycles. The van der Waals surface area contributed by atoms with Gasteiger partial charge in [-0.1, -0.05) is 34.8 Å². The van der Waals surface area contributed by atoms with Gasteiger partial charge < -0.3 is 4.74 Å². The number of benzene rings is 1. The first-order valence-electron chi connectivity index (χ1n) is 5.78. The molecule has 5 nitrogen and oxygen atoms in total. The van der Waals surface area contributed by atoms with Gasteiger partial charge in [0.15, 0.2) is 0 Å². The lowest BCUT2D eigenvalue weighted by atomic mass is 10.2. The largest absolute Gasteiger partial charge is 0.463 e. The van der Waals surface area contributed by atoms with Crippen LogP contribution in [0, 0.1) is 0 Å². The van der Waals surface area contributed by atoms with E-state index in [1.807, 2.05) is 0 Å². The minimum Gasteiger partial charge on any atom is -0.463 e. The molecule has 0 atom stereocenters. The van der Waals surface area contributed by atoms with E-state index in [2.05, 4.69) is 0 Å². The summed E-state index contributed by atoms with van der Waals surface area (Å²) in [4.78, 5) is 11.7. The third-order valence-electron chi connectivity index (χ3n) is 2.72. The summed E-state index contributed by atoms with van der Waals surface area (Å²) in [5.41, 5.74) is 0.982. The summed E-state index contributed by atoms with van der Waals surface area (Å²) in [5.74, 6) is 5.42. The minimum atomic E-state index is -0.415. The Bertz CT molecular complexity index is 577. The molecule has 1 aliphatic rings. The van der Waals surface area contributed by atoms with E-state index < -0.39 is 5.97 Å². The van der Waals surface area contributed by atoms with Crippen LogP contribution in [0.15, 0.2) is 23.9 Å². The van der Waals surface area contributed by atoms with Gasteiger partial charge in [0.25, 0.3) is 0 Å². The van der Waals surface area contributed by atoms with Gasteiger partial charge in [-0.3, -0.25) is 5.01 Å². The zero-order chi connectivity index (χ0) is 14.9. The molecular formula is C12H12Cl3N3O2. The lowest BCUT2D eigenvalue weighted by molar-refractivity contribution is -0.138. The minimum absolute atomic E-state index is 0.240. The van der Waals surface area contributed by atoms with Gasteiger partial charge in [-0.05, 0) is 19.1 Å². The van der Waals surface area contributed by atoms with Crippen LogP contribution in [0.5, 0.6) is 0 Å². The number of hydrogen-bond acceptors (Lipinski definition) is 5. The Morgan fingerprint density at radius 2 is 2.05 bits per heavy atom. The zero-order valence-corrected chi connectivity index (χ0v) is 12.8. The Balaban J connectivity index is 2.25. The molecule has 2 rings (SSSR count). The molecule has 0 amide bonds. The Hall–Kier alpha value is -1.14. The molecule has 0 aliphatic carbocycles. The van der Waals surface area contributed by atoms with Crippen molar-refractivity contribution in [1.29, 1.82) is 0 Å². The molecule has 0 fully saturated rings. The number of nitrogens with zero attached hydrogens (tertiary/aromatic N) is 2. The van der Waals surface area contributed by atoms with Gasteiger partial charge in [0.05, 0.1) is 45.7 Å². The van der Waals surface area contributed by atoms with Crippen molar-refractivity contribution >= 4 is 46.5 Å². The van der Waals surface area contributed by atoms with Gasteiger partial charge in [0, 0.05) is 0 Å². The Labute approximate surface area is 131 Å². The molecule has 8 heteroatoms. The van der Waals surface area contributed by atoms with Crippen LogP contribution < -0.4 is 10.9 Å². The van der Waals surface area contributed by atoms with Gasteiger partial charge in [0.2, 0.25) is 0 Å². The average Bonchev–Trinajstić information content (AvgIpc) is 2.79. The third-order valence-corrected chi connectivity index (χ3v) is 4.00. The summed E-state index contributed by atoms with van der Waals surface area (Å²) < 4.78 is 4.94. The van der Waals surface area contributed by atoms with Crippen LogP contribution in [0.2, 0.25) is 15.1 Å². The molecule has 1 aromatic carbocycles. The number of hydrazine groups is 2. The first-order chi connectivity index (χ1) is 9.45. The van der Waals surface area contributed by atoms with Crippen LogP contribution >= 0.6 is 34.8 Å². The summed E-state index contributed by atoms with van der Waals surface area (Å²) in [6.45, 7) is 2.28. The second-order valence-corrected chi connectivity index (χ2v) is 5.17. The molecule has 0 bridgehead atoms. The van der Waals surface area contributed by atoms with E-state index in [0.717, 1.165) is 0 Å². The number of nitrogens with two attached hydrogens (primary N) is 1. The molecule has 0 unspecified atom stereocenters. The number of halogens is 3. The standard InChI is InChI=1S/C12H12Cl3N3O2/c1-2-20-12(19)7-5-17(18(16)6-7)9-4-3-8(13)10(14)11(9)15/h3-4,6H,2,5,16H2,1H3. The van der Waals surface area contributed by atoms with Crippen molar-refractivity contribution in [3.05, 3.63) is 39.0 Å². The number of anilines is 1. The molecule has 1 aliphatic heterocycles. The van der Waals surface area contributed by atoms with Crippen LogP contribution in [-0.2, 0) is 9.53 Å². The fourth-order valence-electron chi connectivity index (χ4n) is 1.78. The molecule has 108 valence electrons. The quantitative estimate of drug-likeness (QED) is 0.522. The number of hydrogen-bond donors (Lipinski definition) is 1. The highest BCUT2D eigenvalue weighted by atomic mass is 35.5. The van der Waals surface area contributed by atoms with Crippen molar-refractivity contribution in [3.63, 3.8) is 0 Å². The van der Waals surface area contributed by atoms with E-state index >= 15 is 0 Å². The van der Waals surface area contributed by atoms with Crippen LogP contribution in [0.4, 0.5) is 5.69 Å². The Morgan fingerprint density at radius 3 is 2.70 bits per heavy atom. The first kappa shape index (κ1) is 15.3. The SMILES string of the molecule is CCOC(=O)C1=CN(N)N(c2ccc(Cl)c(Cl)c2Cl)C1. The highest BCUT2D eigenvalue weighted by Crippen LogP contribution is 2.38. The molecule has 1 heterocycles. The van der Waals surface area contributed by atoms with Gasteiger partial charge >= 0.3 is 5.97 Å². The van der Waals surface area contributed by atoms with Gasteiger partial charge in [-0.25, -0.2) is 15.8 Å². The first-order valence-corrected chi connectivity index (χ1v) is 6.91. The fourth-order valence-corrected chi connectivity index (χ4v) is 2.41. The van der Waals surface area contributed by atoms with Crippen molar-refractivity contribution in [1.82, 2.24) is 5.12 Å². The highest BCUT2D eigenvalue weighted by Gasteiger charge is 2.27. The number of rotatable bonds is 3. The summed E-state index contributed by atoms with van der Waals surface area (Å²) in [6, 6.07) is 3.29. The second-order valence-electron chi connectivity index (χ2n) is 4.01. The van der Waals surface area contributed by atoms with Crippen molar-refractivity contribution in [3.8, 4) is 0 Å². The topological polar surface area (TPSA) is 58.8 Å². The van der Waals surface area contributed by atoms with E-state index in [1.165, 1.54) is 11.3 Å². The monoisotopic (exact) mass is 335 g/mol. The van der Waals surface area contributed by atoms with E-state index in [9.17, 15) is 4.79 Å². The predicted molar refractivity (Wildman–Crippen MR) is 79.6 cm³/mol. The summed E-state index contributed by atoms with van der Waals surface area (Å²) in [6.07, 6.45) is 1.48. The van der Waals surface area contributed by atoms with Crippen LogP contribution in [-0.4, -0.2) is 24.2 Å². The number of carbonyl (C=O) groups is 1. The third kappa shape index (κ3) is 2.81.